The fourth-order valence-electron chi connectivity index (χ4n) is 1.67. The Morgan fingerprint density at radius 3 is 2.88 bits per heavy atom. The van der Waals surface area contributed by atoms with Crippen LogP contribution in [0.15, 0.2) is 30.6 Å². The van der Waals surface area contributed by atoms with Gasteiger partial charge in [0.15, 0.2) is 0 Å². The molecule has 0 aliphatic heterocycles. The molecule has 17 heavy (non-hydrogen) atoms. The van der Waals surface area contributed by atoms with E-state index in [0.717, 1.165) is 17.9 Å². The molecule has 0 unspecified atom stereocenters. The second-order valence-corrected chi connectivity index (χ2v) is 4.00. The normalized spacial score (nSPS) is 10.5. The van der Waals surface area contributed by atoms with Crippen LogP contribution in [0.25, 0.3) is 5.69 Å². The maximum atomic E-state index is 11.0. The van der Waals surface area contributed by atoms with E-state index in [4.69, 9.17) is 17.3 Å². The van der Waals surface area contributed by atoms with Crippen LogP contribution in [0.3, 0.4) is 0 Å². The van der Waals surface area contributed by atoms with Crippen molar-refractivity contribution in [3.05, 3.63) is 47.0 Å². The molecule has 0 fully saturated rings. The lowest BCUT2D eigenvalue weighted by Gasteiger charge is -2.09. The minimum atomic E-state index is -0.486. The second kappa shape index (κ2) is 4.59. The lowest BCUT2D eigenvalue weighted by atomic mass is 10.2. The zero-order valence-corrected chi connectivity index (χ0v) is 10.1. The number of hydrogen-bond donors (Lipinski definition) is 1. The third kappa shape index (κ3) is 2.17. The molecule has 1 amide bonds. The van der Waals surface area contributed by atoms with Crippen LogP contribution in [0.4, 0.5) is 0 Å². The molecule has 0 saturated carbocycles. The van der Waals surface area contributed by atoms with Gasteiger partial charge in [0.1, 0.15) is 5.82 Å². The van der Waals surface area contributed by atoms with E-state index in [0.29, 0.717) is 10.6 Å². The summed E-state index contributed by atoms with van der Waals surface area (Å²) in [4.78, 5) is 15.2. The summed E-state index contributed by atoms with van der Waals surface area (Å²) in [5.74, 6) is 0.429. The molecular weight excluding hydrogens is 238 g/mol. The molecule has 0 spiro atoms. The topological polar surface area (TPSA) is 60.9 Å². The van der Waals surface area contributed by atoms with E-state index in [1.807, 2.05) is 17.7 Å². The van der Waals surface area contributed by atoms with E-state index in [1.54, 1.807) is 24.4 Å². The maximum absolute atomic E-state index is 11.0. The minimum Gasteiger partial charge on any atom is -0.366 e. The van der Waals surface area contributed by atoms with Crippen molar-refractivity contribution >= 4 is 17.5 Å². The van der Waals surface area contributed by atoms with Crippen LogP contribution in [0.5, 0.6) is 0 Å². The molecule has 2 N–H and O–H groups in total. The molecular formula is C12H12ClN3O. The van der Waals surface area contributed by atoms with Crippen molar-refractivity contribution in [3.8, 4) is 5.69 Å². The van der Waals surface area contributed by atoms with Crippen LogP contribution in [0.1, 0.15) is 23.1 Å². The van der Waals surface area contributed by atoms with Gasteiger partial charge in [0.2, 0.25) is 5.91 Å². The van der Waals surface area contributed by atoms with Gasteiger partial charge in [-0.1, -0.05) is 18.5 Å². The van der Waals surface area contributed by atoms with E-state index < -0.39 is 5.91 Å². The highest BCUT2D eigenvalue weighted by Crippen LogP contribution is 2.23. The number of hydrogen-bond acceptors (Lipinski definition) is 2. The highest BCUT2D eigenvalue weighted by atomic mass is 35.5. The lowest BCUT2D eigenvalue weighted by Crippen LogP contribution is -2.11. The Bertz CT molecular complexity index is 563. The van der Waals surface area contributed by atoms with Crippen LogP contribution in [-0.2, 0) is 6.42 Å². The van der Waals surface area contributed by atoms with Gasteiger partial charge in [-0.3, -0.25) is 4.79 Å². The second-order valence-electron chi connectivity index (χ2n) is 3.60. The van der Waals surface area contributed by atoms with Crippen molar-refractivity contribution in [1.82, 2.24) is 9.55 Å². The molecule has 1 heterocycles. The summed E-state index contributed by atoms with van der Waals surface area (Å²) in [6.07, 6.45) is 4.36. The first-order valence-electron chi connectivity index (χ1n) is 5.25. The largest absolute Gasteiger partial charge is 0.366 e. The minimum absolute atomic E-state index is 0.400. The maximum Gasteiger partial charge on any atom is 0.248 e. The van der Waals surface area contributed by atoms with Gasteiger partial charge >= 0.3 is 0 Å². The monoisotopic (exact) mass is 249 g/mol. The van der Waals surface area contributed by atoms with E-state index in [-0.39, 0.29) is 0 Å². The van der Waals surface area contributed by atoms with Crippen LogP contribution >= 0.6 is 11.6 Å². The summed E-state index contributed by atoms with van der Waals surface area (Å²) in [5, 5.41) is 0.481. The average molecular weight is 250 g/mol. The molecule has 0 radical (unpaired) electrons. The van der Waals surface area contributed by atoms with Crippen LogP contribution < -0.4 is 5.73 Å². The molecule has 5 heteroatoms. The Kier molecular flexibility index (Phi) is 3.15. The molecule has 0 saturated heterocycles. The Labute approximate surface area is 104 Å². The summed E-state index contributed by atoms with van der Waals surface area (Å²) in [6, 6.07) is 4.99. The van der Waals surface area contributed by atoms with Gasteiger partial charge in [-0.2, -0.15) is 0 Å². The number of rotatable bonds is 3. The van der Waals surface area contributed by atoms with Crippen LogP contribution in [0, 0.1) is 0 Å². The average Bonchev–Trinajstić information content (AvgIpc) is 2.76. The summed E-state index contributed by atoms with van der Waals surface area (Å²) in [5.41, 5.74) is 6.39. The molecule has 4 nitrogen and oxygen atoms in total. The number of aryl methyl sites for hydroxylation is 1. The lowest BCUT2D eigenvalue weighted by molar-refractivity contribution is 0.100. The van der Waals surface area contributed by atoms with Crippen LogP contribution in [0.2, 0.25) is 5.02 Å². The highest BCUT2D eigenvalue weighted by molar-refractivity contribution is 6.32. The van der Waals surface area contributed by atoms with Crippen molar-refractivity contribution in [2.75, 3.05) is 0 Å². The van der Waals surface area contributed by atoms with E-state index in [2.05, 4.69) is 4.98 Å². The number of halogens is 1. The third-order valence-electron chi connectivity index (χ3n) is 2.53. The predicted octanol–water partition coefficient (Wildman–Crippen LogP) is 2.19. The fourth-order valence-corrected chi connectivity index (χ4v) is 1.94. The Hall–Kier alpha value is -1.81. The molecule has 0 atom stereocenters. The fraction of sp³-hybridized carbons (Fsp3) is 0.167. The van der Waals surface area contributed by atoms with Crippen molar-refractivity contribution in [3.63, 3.8) is 0 Å². The van der Waals surface area contributed by atoms with Crippen molar-refractivity contribution in [2.24, 2.45) is 5.73 Å². The Morgan fingerprint density at radius 1 is 1.53 bits per heavy atom. The Morgan fingerprint density at radius 2 is 2.29 bits per heavy atom. The molecule has 0 aliphatic rings. The Balaban J connectivity index is 2.50. The number of aromatic nitrogens is 2. The molecule has 1 aromatic heterocycles. The van der Waals surface area contributed by atoms with Crippen LogP contribution in [-0.4, -0.2) is 15.5 Å². The number of nitrogens with zero attached hydrogens (tertiary/aromatic N) is 2. The molecule has 88 valence electrons. The molecule has 2 rings (SSSR count). The summed E-state index contributed by atoms with van der Waals surface area (Å²) in [6.45, 7) is 2.02. The first-order valence-corrected chi connectivity index (χ1v) is 5.63. The molecule has 0 bridgehead atoms. The summed E-state index contributed by atoms with van der Waals surface area (Å²) >= 11 is 6.14. The molecule has 2 aromatic rings. The number of nitrogens with two attached hydrogens (primary N) is 1. The first-order chi connectivity index (χ1) is 8.13. The predicted molar refractivity (Wildman–Crippen MR) is 66.5 cm³/mol. The van der Waals surface area contributed by atoms with E-state index in [1.165, 1.54) is 0 Å². The number of imidazole rings is 1. The van der Waals surface area contributed by atoms with E-state index >= 15 is 0 Å². The number of carbonyl (C=O) groups excluding carboxylic acids is 1. The zero-order valence-electron chi connectivity index (χ0n) is 9.35. The summed E-state index contributed by atoms with van der Waals surface area (Å²) in [7, 11) is 0. The van der Waals surface area contributed by atoms with Gasteiger partial charge in [-0.25, -0.2) is 4.98 Å². The van der Waals surface area contributed by atoms with E-state index in [9.17, 15) is 4.79 Å². The number of carbonyl (C=O) groups is 1. The number of primary amides is 1. The first kappa shape index (κ1) is 11.7. The standard InChI is InChI=1S/C12H12ClN3O/c1-2-11-15-5-6-16(11)10-4-3-8(12(14)17)7-9(10)13/h3-7H,2H2,1H3,(H2,14,17). The van der Waals surface area contributed by atoms with Gasteiger partial charge in [-0.15, -0.1) is 0 Å². The van der Waals surface area contributed by atoms with Crippen molar-refractivity contribution in [1.29, 1.82) is 0 Å². The van der Waals surface area contributed by atoms with Crippen molar-refractivity contribution < 1.29 is 4.79 Å². The van der Waals surface area contributed by atoms with Gasteiger partial charge in [0.25, 0.3) is 0 Å². The van der Waals surface area contributed by atoms with Gasteiger partial charge in [-0.05, 0) is 18.2 Å². The molecule has 0 aliphatic carbocycles. The van der Waals surface area contributed by atoms with Gasteiger partial charge in [0.05, 0.1) is 10.7 Å². The smallest absolute Gasteiger partial charge is 0.248 e. The summed E-state index contributed by atoms with van der Waals surface area (Å²) < 4.78 is 1.90. The van der Waals surface area contributed by atoms with Gasteiger partial charge < -0.3 is 10.3 Å². The highest BCUT2D eigenvalue weighted by Gasteiger charge is 2.09. The quantitative estimate of drug-likeness (QED) is 0.906. The zero-order chi connectivity index (χ0) is 12.4. The SMILES string of the molecule is CCc1nccn1-c1ccc(C(N)=O)cc1Cl. The molecule has 1 aromatic carbocycles. The van der Waals surface area contributed by atoms with Crippen molar-refractivity contribution in [2.45, 2.75) is 13.3 Å². The number of amides is 1. The number of benzene rings is 1. The van der Waals surface area contributed by atoms with Gasteiger partial charge in [0, 0.05) is 24.4 Å². The third-order valence-corrected chi connectivity index (χ3v) is 2.83.